The number of urea groups is 1. The zero-order chi connectivity index (χ0) is 16.3. The quantitative estimate of drug-likeness (QED) is 0.765. The standard InChI is InChI=1S/C13H23F3N2O3/c1-11(2)7-9(12(3,4)21-11)18-10(19)17-5-6-20-8-13(14,15)16/h9H,5-8H2,1-4H3,(H2,17,18,19). The van der Waals surface area contributed by atoms with Crippen LogP contribution in [0.4, 0.5) is 18.0 Å². The lowest BCUT2D eigenvalue weighted by Crippen LogP contribution is -2.50. The minimum atomic E-state index is -4.35. The van der Waals surface area contributed by atoms with Gasteiger partial charge in [-0.05, 0) is 34.1 Å². The van der Waals surface area contributed by atoms with Crippen LogP contribution in [0.1, 0.15) is 34.1 Å². The van der Waals surface area contributed by atoms with E-state index in [-0.39, 0.29) is 24.8 Å². The zero-order valence-electron chi connectivity index (χ0n) is 12.8. The van der Waals surface area contributed by atoms with Crippen LogP contribution in [0.25, 0.3) is 0 Å². The van der Waals surface area contributed by atoms with Gasteiger partial charge in [0, 0.05) is 6.54 Å². The maximum Gasteiger partial charge on any atom is 0.411 e. The van der Waals surface area contributed by atoms with Gasteiger partial charge in [-0.2, -0.15) is 13.2 Å². The molecule has 1 unspecified atom stereocenters. The molecule has 0 aromatic rings. The summed E-state index contributed by atoms with van der Waals surface area (Å²) in [6.45, 7) is 6.17. The number of rotatable bonds is 5. The second kappa shape index (κ2) is 6.39. The maximum absolute atomic E-state index is 11.8. The Balaban J connectivity index is 2.25. The summed E-state index contributed by atoms with van der Waals surface area (Å²) >= 11 is 0. The summed E-state index contributed by atoms with van der Waals surface area (Å²) in [5.41, 5.74) is -0.815. The Kier molecular flexibility index (Phi) is 5.49. The van der Waals surface area contributed by atoms with Crippen molar-refractivity contribution in [2.75, 3.05) is 19.8 Å². The summed E-state index contributed by atoms with van der Waals surface area (Å²) in [7, 11) is 0. The molecule has 0 radical (unpaired) electrons. The summed E-state index contributed by atoms with van der Waals surface area (Å²) in [4.78, 5) is 11.7. The van der Waals surface area contributed by atoms with E-state index in [1.807, 2.05) is 27.7 Å². The van der Waals surface area contributed by atoms with Crippen molar-refractivity contribution in [2.45, 2.75) is 57.5 Å². The van der Waals surface area contributed by atoms with Gasteiger partial charge in [-0.25, -0.2) is 4.79 Å². The second-order valence-corrected chi connectivity index (χ2v) is 6.29. The first-order chi connectivity index (χ1) is 9.41. The molecular weight excluding hydrogens is 289 g/mol. The first kappa shape index (κ1) is 18.0. The lowest BCUT2D eigenvalue weighted by molar-refractivity contribution is -0.173. The molecule has 1 fully saturated rings. The molecule has 0 aliphatic carbocycles. The highest BCUT2D eigenvalue weighted by Crippen LogP contribution is 2.37. The molecule has 0 bridgehead atoms. The van der Waals surface area contributed by atoms with Gasteiger partial charge in [-0.15, -0.1) is 0 Å². The molecule has 21 heavy (non-hydrogen) atoms. The van der Waals surface area contributed by atoms with E-state index in [0.29, 0.717) is 6.42 Å². The molecule has 1 rings (SSSR count). The van der Waals surface area contributed by atoms with Crippen molar-refractivity contribution in [1.82, 2.24) is 10.6 Å². The predicted molar refractivity (Wildman–Crippen MR) is 71.1 cm³/mol. The first-order valence-corrected chi connectivity index (χ1v) is 6.80. The van der Waals surface area contributed by atoms with Crippen LogP contribution < -0.4 is 10.6 Å². The monoisotopic (exact) mass is 312 g/mol. The van der Waals surface area contributed by atoms with Crippen molar-refractivity contribution in [2.24, 2.45) is 0 Å². The van der Waals surface area contributed by atoms with Crippen LogP contribution in [0, 0.1) is 0 Å². The van der Waals surface area contributed by atoms with Crippen molar-refractivity contribution >= 4 is 6.03 Å². The Morgan fingerprint density at radius 1 is 1.33 bits per heavy atom. The Hall–Kier alpha value is -1.02. The first-order valence-electron chi connectivity index (χ1n) is 6.80. The van der Waals surface area contributed by atoms with Gasteiger partial charge in [0.15, 0.2) is 0 Å². The highest BCUT2D eigenvalue weighted by molar-refractivity contribution is 5.74. The van der Waals surface area contributed by atoms with E-state index < -0.39 is 24.4 Å². The third kappa shape index (κ3) is 6.52. The van der Waals surface area contributed by atoms with Gasteiger partial charge < -0.3 is 20.1 Å². The molecule has 0 spiro atoms. The Morgan fingerprint density at radius 2 is 1.95 bits per heavy atom. The number of amides is 2. The molecule has 1 aliphatic heterocycles. The molecule has 8 heteroatoms. The van der Waals surface area contributed by atoms with E-state index in [2.05, 4.69) is 15.4 Å². The van der Waals surface area contributed by atoms with Crippen LogP contribution in [0.15, 0.2) is 0 Å². The molecule has 2 amide bonds. The highest BCUT2D eigenvalue weighted by atomic mass is 19.4. The molecule has 1 heterocycles. The van der Waals surface area contributed by atoms with E-state index in [4.69, 9.17) is 4.74 Å². The molecule has 1 atom stereocenters. The number of carbonyl (C=O) groups is 1. The third-order valence-corrected chi connectivity index (χ3v) is 3.18. The number of hydrogen-bond donors (Lipinski definition) is 2. The number of ether oxygens (including phenoxy) is 2. The molecule has 124 valence electrons. The highest BCUT2D eigenvalue weighted by Gasteiger charge is 2.46. The van der Waals surface area contributed by atoms with E-state index in [9.17, 15) is 18.0 Å². The molecule has 0 aromatic carbocycles. The average molecular weight is 312 g/mol. The fourth-order valence-electron chi connectivity index (χ4n) is 2.42. The van der Waals surface area contributed by atoms with Gasteiger partial charge in [-0.3, -0.25) is 0 Å². The predicted octanol–water partition coefficient (Wildman–Crippen LogP) is 2.21. The van der Waals surface area contributed by atoms with Gasteiger partial charge in [0.05, 0.1) is 23.9 Å². The lowest BCUT2D eigenvalue weighted by atomic mass is 9.95. The number of alkyl halides is 3. The number of halogens is 3. The van der Waals surface area contributed by atoms with Crippen LogP contribution in [0.5, 0.6) is 0 Å². The van der Waals surface area contributed by atoms with E-state index in [1.54, 1.807) is 0 Å². The van der Waals surface area contributed by atoms with Gasteiger partial charge in [0.2, 0.25) is 0 Å². The molecule has 2 N–H and O–H groups in total. The van der Waals surface area contributed by atoms with E-state index >= 15 is 0 Å². The molecular formula is C13H23F3N2O3. The summed E-state index contributed by atoms with van der Waals surface area (Å²) in [5, 5.41) is 5.24. The van der Waals surface area contributed by atoms with Gasteiger partial charge >= 0.3 is 12.2 Å². The number of hydrogen-bond acceptors (Lipinski definition) is 3. The molecule has 1 saturated heterocycles. The fourth-order valence-corrected chi connectivity index (χ4v) is 2.42. The smallest absolute Gasteiger partial charge is 0.370 e. The topological polar surface area (TPSA) is 59.6 Å². The molecule has 5 nitrogen and oxygen atoms in total. The zero-order valence-corrected chi connectivity index (χ0v) is 12.8. The van der Waals surface area contributed by atoms with Crippen molar-refractivity contribution in [3.05, 3.63) is 0 Å². The summed E-state index contributed by atoms with van der Waals surface area (Å²) in [6, 6.07) is -0.603. The second-order valence-electron chi connectivity index (χ2n) is 6.29. The average Bonchev–Trinajstić information content (AvgIpc) is 2.44. The lowest BCUT2D eigenvalue weighted by Gasteiger charge is -2.27. The Labute approximate surface area is 122 Å². The number of carbonyl (C=O) groups excluding carboxylic acids is 1. The third-order valence-electron chi connectivity index (χ3n) is 3.18. The van der Waals surface area contributed by atoms with E-state index in [1.165, 1.54) is 0 Å². The SMILES string of the molecule is CC1(C)CC(NC(=O)NCCOCC(F)(F)F)C(C)(C)O1. The Bertz CT molecular complexity index is 370. The molecule has 1 aliphatic rings. The van der Waals surface area contributed by atoms with Crippen LogP contribution >= 0.6 is 0 Å². The van der Waals surface area contributed by atoms with E-state index in [0.717, 1.165) is 0 Å². The summed E-state index contributed by atoms with van der Waals surface area (Å²) in [5.74, 6) is 0. The Morgan fingerprint density at radius 3 is 2.43 bits per heavy atom. The summed E-state index contributed by atoms with van der Waals surface area (Å²) < 4.78 is 45.7. The largest absolute Gasteiger partial charge is 0.411 e. The van der Waals surface area contributed by atoms with Crippen molar-refractivity contribution < 1.29 is 27.4 Å². The fraction of sp³-hybridized carbons (Fsp3) is 0.923. The van der Waals surface area contributed by atoms with Crippen molar-refractivity contribution in [1.29, 1.82) is 0 Å². The van der Waals surface area contributed by atoms with Crippen LogP contribution in [0.2, 0.25) is 0 Å². The van der Waals surface area contributed by atoms with Gasteiger partial charge in [0.1, 0.15) is 6.61 Å². The minimum Gasteiger partial charge on any atom is -0.370 e. The van der Waals surface area contributed by atoms with Crippen molar-refractivity contribution in [3.63, 3.8) is 0 Å². The number of nitrogens with one attached hydrogen (secondary N) is 2. The summed E-state index contributed by atoms with van der Waals surface area (Å²) in [6.07, 6.45) is -3.68. The van der Waals surface area contributed by atoms with Gasteiger partial charge in [0.25, 0.3) is 0 Å². The normalized spacial score (nSPS) is 23.9. The molecule has 0 aromatic heterocycles. The molecule has 0 saturated carbocycles. The van der Waals surface area contributed by atoms with Crippen LogP contribution in [0.3, 0.4) is 0 Å². The van der Waals surface area contributed by atoms with Crippen LogP contribution in [-0.4, -0.2) is 49.2 Å². The maximum atomic E-state index is 11.8. The van der Waals surface area contributed by atoms with Crippen molar-refractivity contribution in [3.8, 4) is 0 Å². The van der Waals surface area contributed by atoms with Crippen LogP contribution in [-0.2, 0) is 9.47 Å². The minimum absolute atomic E-state index is 0.0132. The van der Waals surface area contributed by atoms with Gasteiger partial charge in [-0.1, -0.05) is 0 Å².